The number of anilines is 1. The molecule has 0 fully saturated rings. The molecule has 6 heteroatoms. The van der Waals surface area contributed by atoms with Crippen molar-refractivity contribution in [2.45, 2.75) is 32.7 Å². The fraction of sp³-hybridized carbons (Fsp3) is 0.533. The first-order chi connectivity index (χ1) is 9.95. The fourth-order valence-corrected chi connectivity index (χ4v) is 2.46. The van der Waals surface area contributed by atoms with E-state index in [4.69, 9.17) is 28.3 Å². The van der Waals surface area contributed by atoms with Crippen molar-refractivity contribution in [1.29, 1.82) is 0 Å². The number of aliphatic hydroxyl groups excluding tert-OH is 1. The second-order valence-corrected chi connectivity index (χ2v) is 5.92. The molecule has 0 aliphatic rings. The maximum absolute atomic E-state index is 12.0. The lowest BCUT2D eigenvalue weighted by Crippen LogP contribution is -2.35. The molecule has 1 amide bonds. The molecule has 21 heavy (non-hydrogen) atoms. The molecule has 0 spiro atoms. The summed E-state index contributed by atoms with van der Waals surface area (Å²) in [7, 11) is 0. The number of aliphatic hydroxyl groups is 1. The van der Waals surface area contributed by atoms with Gasteiger partial charge in [0.15, 0.2) is 0 Å². The molecule has 0 radical (unpaired) electrons. The van der Waals surface area contributed by atoms with E-state index in [0.717, 1.165) is 6.54 Å². The Balaban J connectivity index is 2.53. The second-order valence-electron chi connectivity index (χ2n) is 5.10. The predicted molar refractivity (Wildman–Crippen MR) is 88.1 cm³/mol. The topological polar surface area (TPSA) is 52.6 Å². The van der Waals surface area contributed by atoms with Crippen molar-refractivity contribution in [3.63, 3.8) is 0 Å². The van der Waals surface area contributed by atoms with Gasteiger partial charge < -0.3 is 15.3 Å². The molecule has 2 N–H and O–H groups in total. The monoisotopic (exact) mass is 332 g/mol. The third kappa shape index (κ3) is 6.22. The minimum absolute atomic E-state index is 0.125. The van der Waals surface area contributed by atoms with E-state index in [1.54, 1.807) is 18.2 Å². The van der Waals surface area contributed by atoms with Crippen LogP contribution in [-0.2, 0) is 4.79 Å². The predicted octanol–water partition coefficient (Wildman–Crippen LogP) is 3.41. The number of hydrogen-bond donors (Lipinski definition) is 2. The number of para-hydroxylation sites is 1. The quantitative estimate of drug-likeness (QED) is 0.766. The van der Waals surface area contributed by atoms with Gasteiger partial charge in [-0.15, -0.1) is 0 Å². The average molecular weight is 333 g/mol. The standard InChI is InChI=1S/C15H22Cl2N2O2/c1-11(2)19(8-4-10-20)9-7-14(21)18-15-12(16)5-3-6-13(15)17/h3,5-6,11,20H,4,7-10H2,1-2H3,(H,18,21). The second kappa shape index (κ2) is 9.26. The summed E-state index contributed by atoms with van der Waals surface area (Å²) in [6.45, 7) is 5.70. The van der Waals surface area contributed by atoms with Crippen LogP contribution in [-0.4, -0.2) is 41.7 Å². The van der Waals surface area contributed by atoms with Crippen LogP contribution in [0.3, 0.4) is 0 Å². The Morgan fingerprint density at radius 2 is 1.90 bits per heavy atom. The maximum Gasteiger partial charge on any atom is 0.225 e. The molecule has 4 nitrogen and oxygen atoms in total. The molecule has 0 saturated carbocycles. The third-order valence-electron chi connectivity index (χ3n) is 3.19. The molecule has 0 unspecified atom stereocenters. The number of benzene rings is 1. The number of halogens is 2. The highest BCUT2D eigenvalue weighted by atomic mass is 35.5. The first kappa shape index (κ1) is 18.2. The van der Waals surface area contributed by atoms with Crippen LogP contribution in [0.4, 0.5) is 5.69 Å². The number of carbonyl (C=O) groups excluding carboxylic acids is 1. The molecular formula is C15H22Cl2N2O2. The molecule has 118 valence electrons. The molecule has 0 atom stereocenters. The fourth-order valence-electron chi connectivity index (χ4n) is 1.97. The van der Waals surface area contributed by atoms with Gasteiger partial charge in [0, 0.05) is 32.2 Å². The lowest BCUT2D eigenvalue weighted by Gasteiger charge is -2.25. The minimum Gasteiger partial charge on any atom is -0.396 e. The molecular weight excluding hydrogens is 311 g/mol. The summed E-state index contributed by atoms with van der Waals surface area (Å²) in [5.74, 6) is -0.125. The Kier molecular flexibility index (Phi) is 8.04. The van der Waals surface area contributed by atoms with E-state index in [2.05, 4.69) is 24.1 Å². The highest BCUT2D eigenvalue weighted by Crippen LogP contribution is 2.29. The average Bonchev–Trinajstić information content (AvgIpc) is 2.42. The van der Waals surface area contributed by atoms with Gasteiger partial charge in [0.25, 0.3) is 0 Å². The molecule has 0 saturated heterocycles. The maximum atomic E-state index is 12.0. The number of rotatable bonds is 8. The van der Waals surface area contributed by atoms with Gasteiger partial charge in [0.2, 0.25) is 5.91 Å². The van der Waals surface area contributed by atoms with Crippen molar-refractivity contribution in [3.8, 4) is 0 Å². The largest absolute Gasteiger partial charge is 0.396 e. The SMILES string of the molecule is CC(C)N(CCCO)CCC(=O)Nc1c(Cl)cccc1Cl. The number of carbonyl (C=O) groups is 1. The number of nitrogens with one attached hydrogen (secondary N) is 1. The molecule has 0 bridgehead atoms. The molecule has 1 aromatic rings. The Morgan fingerprint density at radius 3 is 2.43 bits per heavy atom. The van der Waals surface area contributed by atoms with Gasteiger partial charge in [-0.3, -0.25) is 4.79 Å². The number of amides is 1. The summed E-state index contributed by atoms with van der Waals surface area (Å²) in [6, 6.07) is 5.43. The third-order valence-corrected chi connectivity index (χ3v) is 3.82. The molecule has 0 aliphatic carbocycles. The van der Waals surface area contributed by atoms with E-state index in [1.807, 2.05) is 0 Å². The van der Waals surface area contributed by atoms with Crippen molar-refractivity contribution in [1.82, 2.24) is 4.90 Å². The van der Waals surface area contributed by atoms with Crippen molar-refractivity contribution in [2.75, 3.05) is 25.0 Å². The van der Waals surface area contributed by atoms with Crippen LogP contribution in [0, 0.1) is 0 Å². The highest BCUT2D eigenvalue weighted by Gasteiger charge is 2.13. The Hall–Kier alpha value is -0.810. The van der Waals surface area contributed by atoms with Gasteiger partial charge in [-0.1, -0.05) is 29.3 Å². The van der Waals surface area contributed by atoms with E-state index < -0.39 is 0 Å². The first-order valence-electron chi connectivity index (χ1n) is 7.04. The molecule has 1 rings (SSSR count). The summed E-state index contributed by atoms with van der Waals surface area (Å²) >= 11 is 12.0. The van der Waals surface area contributed by atoms with E-state index in [0.29, 0.717) is 41.2 Å². The van der Waals surface area contributed by atoms with Crippen LogP contribution in [0.5, 0.6) is 0 Å². The Morgan fingerprint density at radius 1 is 1.29 bits per heavy atom. The molecule has 0 heterocycles. The summed E-state index contributed by atoms with van der Waals surface area (Å²) in [4.78, 5) is 14.2. The van der Waals surface area contributed by atoms with E-state index in [-0.39, 0.29) is 12.5 Å². The van der Waals surface area contributed by atoms with Crippen molar-refractivity contribution < 1.29 is 9.90 Å². The summed E-state index contributed by atoms with van der Waals surface area (Å²) in [5.41, 5.74) is 0.456. The van der Waals surface area contributed by atoms with Crippen LogP contribution >= 0.6 is 23.2 Å². The normalized spacial score (nSPS) is 11.2. The summed E-state index contributed by atoms with van der Waals surface area (Å²) < 4.78 is 0. The van der Waals surface area contributed by atoms with E-state index in [9.17, 15) is 4.79 Å². The van der Waals surface area contributed by atoms with Gasteiger partial charge in [-0.2, -0.15) is 0 Å². The van der Waals surface area contributed by atoms with Crippen LogP contribution < -0.4 is 5.32 Å². The van der Waals surface area contributed by atoms with Crippen molar-refractivity contribution in [2.24, 2.45) is 0 Å². The zero-order valence-electron chi connectivity index (χ0n) is 12.4. The van der Waals surface area contributed by atoms with Crippen LogP contribution in [0.25, 0.3) is 0 Å². The van der Waals surface area contributed by atoms with Gasteiger partial charge in [0.1, 0.15) is 0 Å². The van der Waals surface area contributed by atoms with E-state index >= 15 is 0 Å². The molecule has 0 aromatic heterocycles. The van der Waals surface area contributed by atoms with Crippen LogP contribution in [0.1, 0.15) is 26.7 Å². The molecule has 1 aromatic carbocycles. The molecule has 0 aliphatic heterocycles. The Labute approximate surface area is 136 Å². The van der Waals surface area contributed by atoms with Crippen LogP contribution in [0.15, 0.2) is 18.2 Å². The smallest absolute Gasteiger partial charge is 0.225 e. The van der Waals surface area contributed by atoms with Crippen molar-refractivity contribution in [3.05, 3.63) is 28.2 Å². The Bertz CT molecular complexity index is 447. The number of hydrogen-bond acceptors (Lipinski definition) is 3. The summed E-state index contributed by atoms with van der Waals surface area (Å²) in [5, 5.41) is 12.5. The zero-order valence-corrected chi connectivity index (χ0v) is 13.9. The van der Waals surface area contributed by atoms with Gasteiger partial charge in [0.05, 0.1) is 15.7 Å². The van der Waals surface area contributed by atoms with Crippen molar-refractivity contribution >= 4 is 34.8 Å². The zero-order chi connectivity index (χ0) is 15.8. The van der Waals surface area contributed by atoms with Crippen LogP contribution in [0.2, 0.25) is 10.0 Å². The lowest BCUT2D eigenvalue weighted by atomic mass is 10.2. The number of nitrogens with zero attached hydrogens (tertiary/aromatic N) is 1. The van der Waals surface area contributed by atoms with Gasteiger partial charge >= 0.3 is 0 Å². The minimum atomic E-state index is -0.125. The van der Waals surface area contributed by atoms with Gasteiger partial charge in [-0.05, 0) is 32.4 Å². The first-order valence-corrected chi connectivity index (χ1v) is 7.80. The lowest BCUT2D eigenvalue weighted by molar-refractivity contribution is -0.116. The van der Waals surface area contributed by atoms with E-state index in [1.165, 1.54) is 0 Å². The van der Waals surface area contributed by atoms with Gasteiger partial charge in [-0.25, -0.2) is 0 Å². The highest BCUT2D eigenvalue weighted by molar-refractivity contribution is 6.39. The summed E-state index contributed by atoms with van der Waals surface area (Å²) in [6.07, 6.45) is 1.06.